The Morgan fingerprint density at radius 3 is 2.57 bits per heavy atom. The van der Waals surface area contributed by atoms with Gasteiger partial charge < -0.3 is 20.1 Å². The number of nitrogens with one attached hydrogen (secondary N) is 1. The van der Waals surface area contributed by atoms with E-state index >= 15 is 0 Å². The molecule has 21 heavy (non-hydrogen) atoms. The van der Waals surface area contributed by atoms with E-state index in [1.54, 1.807) is 20.8 Å². The molecular weight excluding hydrogens is 272 g/mol. The summed E-state index contributed by atoms with van der Waals surface area (Å²) in [7, 11) is 0. The number of carbonyl (C=O) groups excluding carboxylic acids is 1. The zero-order chi connectivity index (χ0) is 16.0. The summed E-state index contributed by atoms with van der Waals surface area (Å²) < 4.78 is 5.31. The number of likely N-dealkylation sites (tertiary alicyclic amines) is 1. The second-order valence-electron chi connectivity index (χ2n) is 6.57. The van der Waals surface area contributed by atoms with E-state index in [1.807, 2.05) is 0 Å². The fourth-order valence-electron chi connectivity index (χ4n) is 2.40. The third-order valence-electron chi connectivity index (χ3n) is 3.52. The Bertz CT molecular complexity index is 365. The van der Waals surface area contributed by atoms with Crippen molar-refractivity contribution in [3.8, 4) is 0 Å². The molecule has 0 aliphatic carbocycles. The van der Waals surface area contributed by atoms with Crippen LogP contribution in [0.4, 0.5) is 4.79 Å². The van der Waals surface area contributed by atoms with Gasteiger partial charge in [-0.3, -0.25) is 4.79 Å². The first kappa shape index (κ1) is 17.8. The van der Waals surface area contributed by atoms with Gasteiger partial charge in [-0.2, -0.15) is 0 Å². The van der Waals surface area contributed by atoms with Crippen LogP contribution in [0, 0.1) is 5.92 Å². The largest absolute Gasteiger partial charge is 0.481 e. The molecule has 1 aliphatic heterocycles. The van der Waals surface area contributed by atoms with Gasteiger partial charge in [-0.1, -0.05) is 13.3 Å². The van der Waals surface area contributed by atoms with Crippen molar-refractivity contribution in [2.45, 2.75) is 58.6 Å². The molecule has 1 fully saturated rings. The molecule has 6 heteroatoms. The molecule has 122 valence electrons. The molecule has 0 aromatic rings. The van der Waals surface area contributed by atoms with Gasteiger partial charge in [-0.05, 0) is 40.2 Å². The van der Waals surface area contributed by atoms with Crippen LogP contribution in [0.3, 0.4) is 0 Å². The van der Waals surface area contributed by atoms with Crippen LogP contribution in [0.2, 0.25) is 0 Å². The van der Waals surface area contributed by atoms with E-state index in [0.717, 1.165) is 19.4 Å². The van der Waals surface area contributed by atoms with Crippen LogP contribution in [-0.2, 0) is 9.53 Å². The Labute approximate surface area is 126 Å². The number of ether oxygens (including phenoxy) is 1. The molecule has 1 amide bonds. The number of carbonyl (C=O) groups is 2. The fourth-order valence-corrected chi connectivity index (χ4v) is 2.40. The third kappa shape index (κ3) is 5.91. The van der Waals surface area contributed by atoms with E-state index in [2.05, 4.69) is 12.2 Å². The van der Waals surface area contributed by atoms with Gasteiger partial charge in [0.1, 0.15) is 5.60 Å². The SMILES string of the molecule is CCCCNC1CCN(C(=O)OC(C)(C)C)CC1C(=O)O. The lowest BCUT2D eigenvalue weighted by molar-refractivity contribution is -0.144. The molecule has 1 aliphatic rings. The van der Waals surface area contributed by atoms with Crippen molar-refractivity contribution >= 4 is 12.1 Å². The van der Waals surface area contributed by atoms with Crippen LogP contribution in [0.1, 0.15) is 47.0 Å². The van der Waals surface area contributed by atoms with Crippen LogP contribution in [0.15, 0.2) is 0 Å². The number of hydrogen-bond donors (Lipinski definition) is 2. The maximum absolute atomic E-state index is 12.0. The molecule has 0 aromatic carbocycles. The van der Waals surface area contributed by atoms with Gasteiger partial charge in [-0.25, -0.2) is 4.79 Å². The number of rotatable bonds is 5. The first-order valence-electron chi connectivity index (χ1n) is 7.68. The van der Waals surface area contributed by atoms with Crippen LogP contribution in [-0.4, -0.2) is 53.3 Å². The first-order valence-corrected chi connectivity index (χ1v) is 7.68. The fraction of sp³-hybridized carbons (Fsp3) is 0.867. The molecule has 2 unspecified atom stereocenters. The molecule has 1 rings (SSSR count). The van der Waals surface area contributed by atoms with Gasteiger partial charge in [0.15, 0.2) is 0 Å². The topological polar surface area (TPSA) is 78.9 Å². The van der Waals surface area contributed by atoms with Crippen molar-refractivity contribution in [2.24, 2.45) is 5.92 Å². The molecule has 0 radical (unpaired) electrons. The summed E-state index contributed by atoms with van der Waals surface area (Å²) in [5.41, 5.74) is -0.563. The molecule has 1 saturated heterocycles. The number of carboxylic acids is 1. The van der Waals surface area contributed by atoms with E-state index in [-0.39, 0.29) is 12.6 Å². The highest BCUT2D eigenvalue weighted by Gasteiger charge is 2.37. The van der Waals surface area contributed by atoms with Gasteiger partial charge in [0.2, 0.25) is 0 Å². The lowest BCUT2D eigenvalue weighted by atomic mass is 9.92. The Kier molecular flexibility index (Phi) is 6.45. The second kappa shape index (κ2) is 7.64. The summed E-state index contributed by atoms with van der Waals surface area (Å²) in [6.45, 7) is 9.06. The zero-order valence-electron chi connectivity index (χ0n) is 13.5. The molecule has 1 heterocycles. The molecule has 2 atom stereocenters. The highest BCUT2D eigenvalue weighted by atomic mass is 16.6. The van der Waals surface area contributed by atoms with Crippen molar-refractivity contribution < 1.29 is 19.4 Å². The van der Waals surface area contributed by atoms with Crippen LogP contribution < -0.4 is 5.32 Å². The summed E-state index contributed by atoms with van der Waals surface area (Å²) in [6, 6.07) is -0.0762. The Morgan fingerprint density at radius 2 is 2.05 bits per heavy atom. The maximum Gasteiger partial charge on any atom is 0.410 e. The van der Waals surface area contributed by atoms with E-state index in [9.17, 15) is 14.7 Å². The zero-order valence-corrected chi connectivity index (χ0v) is 13.5. The van der Waals surface area contributed by atoms with E-state index < -0.39 is 23.6 Å². The number of aliphatic carboxylic acids is 1. The summed E-state index contributed by atoms with van der Waals surface area (Å²) in [5.74, 6) is -1.44. The molecule has 2 N–H and O–H groups in total. The van der Waals surface area contributed by atoms with Gasteiger partial charge in [-0.15, -0.1) is 0 Å². The Hall–Kier alpha value is -1.30. The van der Waals surface area contributed by atoms with Crippen molar-refractivity contribution in [3.63, 3.8) is 0 Å². The average molecular weight is 300 g/mol. The standard InChI is InChI=1S/C15H28N2O4/c1-5-6-8-16-12-7-9-17(10-11(12)13(18)19)14(20)21-15(2,3)4/h11-12,16H,5-10H2,1-4H3,(H,18,19). The Morgan fingerprint density at radius 1 is 1.38 bits per heavy atom. The minimum absolute atomic E-state index is 0.0762. The molecule has 0 aromatic heterocycles. The van der Waals surface area contributed by atoms with E-state index in [4.69, 9.17) is 4.74 Å². The summed E-state index contributed by atoms with van der Waals surface area (Å²) in [6.07, 6.45) is 2.31. The van der Waals surface area contributed by atoms with Gasteiger partial charge in [0.05, 0.1) is 5.92 Å². The maximum atomic E-state index is 12.0. The van der Waals surface area contributed by atoms with E-state index in [1.165, 1.54) is 4.90 Å². The van der Waals surface area contributed by atoms with Crippen molar-refractivity contribution in [2.75, 3.05) is 19.6 Å². The smallest absolute Gasteiger partial charge is 0.410 e. The van der Waals surface area contributed by atoms with Crippen molar-refractivity contribution in [3.05, 3.63) is 0 Å². The van der Waals surface area contributed by atoms with Gasteiger partial charge >= 0.3 is 12.1 Å². The number of unbranched alkanes of at least 4 members (excludes halogenated alkanes) is 1. The summed E-state index contributed by atoms with van der Waals surface area (Å²) >= 11 is 0. The summed E-state index contributed by atoms with van der Waals surface area (Å²) in [4.78, 5) is 25.0. The Balaban J connectivity index is 2.60. The minimum atomic E-state index is -0.864. The van der Waals surface area contributed by atoms with Crippen LogP contribution in [0.25, 0.3) is 0 Å². The predicted molar refractivity (Wildman–Crippen MR) is 80.2 cm³/mol. The number of amides is 1. The molecule has 0 bridgehead atoms. The molecule has 0 spiro atoms. The summed E-state index contributed by atoms with van der Waals surface area (Å²) in [5, 5.41) is 12.7. The van der Waals surface area contributed by atoms with Crippen LogP contribution in [0.5, 0.6) is 0 Å². The third-order valence-corrected chi connectivity index (χ3v) is 3.52. The number of carboxylic acid groups (broad SMARTS) is 1. The quantitative estimate of drug-likeness (QED) is 0.760. The van der Waals surface area contributed by atoms with Crippen molar-refractivity contribution in [1.82, 2.24) is 10.2 Å². The first-order chi connectivity index (χ1) is 9.74. The van der Waals surface area contributed by atoms with Crippen molar-refractivity contribution in [1.29, 1.82) is 0 Å². The number of nitrogens with zero attached hydrogens (tertiary/aromatic N) is 1. The van der Waals surface area contributed by atoms with E-state index in [0.29, 0.717) is 13.0 Å². The number of hydrogen-bond acceptors (Lipinski definition) is 4. The normalized spacial score (nSPS) is 23.0. The highest BCUT2D eigenvalue weighted by molar-refractivity contribution is 5.74. The molecular formula is C15H28N2O4. The molecule has 0 saturated carbocycles. The monoisotopic (exact) mass is 300 g/mol. The lowest BCUT2D eigenvalue weighted by Crippen LogP contribution is -2.54. The lowest BCUT2D eigenvalue weighted by Gasteiger charge is -2.37. The van der Waals surface area contributed by atoms with Gasteiger partial charge in [0, 0.05) is 19.1 Å². The minimum Gasteiger partial charge on any atom is -0.481 e. The highest BCUT2D eigenvalue weighted by Crippen LogP contribution is 2.20. The predicted octanol–water partition coefficient (Wildman–Crippen LogP) is 2.09. The number of piperidine rings is 1. The second-order valence-corrected chi connectivity index (χ2v) is 6.57. The van der Waals surface area contributed by atoms with Crippen LogP contribution >= 0.6 is 0 Å². The average Bonchev–Trinajstić information content (AvgIpc) is 2.37. The van der Waals surface area contributed by atoms with Gasteiger partial charge in [0.25, 0.3) is 0 Å². The molecule has 6 nitrogen and oxygen atoms in total.